The van der Waals surface area contributed by atoms with E-state index in [2.05, 4.69) is 23.8 Å². The van der Waals surface area contributed by atoms with Gasteiger partial charge in [0.15, 0.2) is 0 Å². The third-order valence-corrected chi connectivity index (χ3v) is 4.71. The Hall–Kier alpha value is -1.67. The second-order valence-electron chi connectivity index (χ2n) is 4.87. The summed E-state index contributed by atoms with van der Waals surface area (Å²) in [5.41, 5.74) is 0.720. The van der Waals surface area contributed by atoms with Crippen LogP contribution in [0.15, 0.2) is 24.3 Å². The van der Waals surface area contributed by atoms with Crippen molar-refractivity contribution in [3.05, 3.63) is 24.3 Å². The van der Waals surface area contributed by atoms with Crippen LogP contribution in [0.1, 0.15) is 20.8 Å². The van der Waals surface area contributed by atoms with Crippen LogP contribution in [0, 0.1) is 0 Å². The molecule has 2 N–H and O–H groups in total. The lowest BCUT2D eigenvalue weighted by atomic mass is 10.3. The molecule has 0 fully saturated rings. The lowest BCUT2D eigenvalue weighted by Gasteiger charge is -2.21. The van der Waals surface area contributed by atoms with Gasteiger partial charge < -0.3 is 10.6 Å². The minimum absolute atomic E-state index is 0.0458. The molecule has 7 nitrogen and oxygen atoms in total. The van der Waals surface area contributed by atoms with Crippen LogP contribution in [0.4, 0.5) is 0 Å². The molecule has 0 aliphatic carbocycles. The maximum absolute atomic E-state index is 12.0. The van der Waals surface area contributed by atoms with E-state index in [4.69, 9.17) is 0 Å². The van der Waals surface area contributed by atoms with E-state index in [1.807, 2.05) is 0 Å². The zero-order valence-corrected chi connectivity index (χ0v) is 14.3. The Morgan fingerprint density at radius 1 is 0.955 bits per heavy atom. The molecule has 0 aromatic heterocycles. The van der Waals surface area contributed by atoms with E-state index < -0.39 is 10.0 Å². The highest BCUT2D eigenvalue weighted by molar-refractivity contribution is 7.89. The van der Waals surface area contributed by atoms with Crippen molar-refractivity contribution >= 4 is 21.8 Å². The highest BCUT2D eigenvalue weighted by Gasteiger charge is 2.19. The first kappa shape index (κ1) is 20.3. The van der Waals surface area contributed by atoms with Gasteiger partial charge in [-0.3, -0.25) is 9.59 Å². The molecular weight excluding hydrogens is 306 g/mol. The maximum atomic E-state index is 12.0. The molecule has 0 atom stereocenters. The summed E-state index contributed by atoms with van der Waals surface area (Å²) in [5.74, 6) is -0.676. The van der Waals surface area contributed by atoms with Crippen molar-refractivity contribution in [2.75, 3.05) is 31.9 Å². The number of hydrogen-bond acceptors (Lipinski definition) is 4. The van der Waals surface area contributed by atoms with Crippen LogP contribution in [0.2, 0.25) is 0 Å². The number of carbonyl (C=O) groups excluding carboxylic acids is 2. The summed E-state index contributed by atoms with van der Waals surface area (Å²) in [6.07, 6.45) is 0. The standard InChI is InChI=1S/C14H25N3O4S/c1-6-22(20,21)17(9-7-15-13(18)11(2)3)10-8-16-14(19)12(4)5/h2,4,6-10H2,1,3,5H3,(H,15,18)(H,16,19). The predicted octanol–water partition coefficient (Wildman–Crippen LogP) is 0.0227. The number of nitrogens with zero attached hydrogens (tertiary/aromatic N) is 1. The van der Waals surface area contributed by atoms with E-state index in [1.165, 1.54) is 4.31 Å². The monoisotopic (exact) mass is 331 g/mol. The second kappa shape index (κ2) is 9.37. The lowest BCUT2D eigenvalue weighted by molar-refractivity contribution is -0.118. The van der Waals surface area contributed by atoms with Gasteiger partial charge in [-0.25, -0.2) is 8.42 Å². The molecule has 22 heavy (non-hydrogen) atoms. The molecule has 0 unspecified atom stereocenters. The minimum Gasteiger partial charge on any atom is -0.351 e. The molecule has 0 radical (unpaired) electrons. The molecule has 0 heterocycles. The molecule has 0 aromatic carbocycles. The van der Waals surface area contributed by atoms with Crippen LogP contribution in [0.5, 0.6) is 0 Å². The fraction of sp³-hybridized carbons (Fsp3) is 0.571. The van der Waals surface area contributed by atoms with E-state index in [9.17, 15) is 18.0 Å². The van der Waals surface area contributed by atoms with Crippen molar-refractivity contribution in [1.82, 2.24) is 14.9 Å². The average Bonchev–Trinajstić information content (AvgIpc) is 2.44. The predicted molar refractivity (Wildman–Crippen MR) is 86.7 cm³/mol. The zero-order chi connectivity index (χ0) is 17.3. The SMILES string of the molecule is C=C(C)C(=O)NCCN(CCNC(=O)C(=C)C)S(=O)(=O)CC. The van der Waals surface area contributed by atoms with Gasteiger partial charge in [0.1, 0.15) is 0 Å². The van der Waals surface area contributed by atoms with Gasteiger partial charge in [0.05, 0.1) is 5.75 Å². The molecule has 0 saturated heterocycles. The quantitative estimate of drug-likeness (QED) is 0.552. The number of carbonyl (C=O) groups is 2. The Labute approximate surface area is 132 Å². The van der Waals surface area contributed by atoms with Crippen molar-refractivity contribution < 1.29 is 18.0 Å². The van der Waals surface area contributed by atoms with Gasteiger partial charge in [0.25, 0.3) is 0 Å². The summed E-state index contributed by atoms with van der Waals surface area (Å²) in [6, 6.07) is 0. The fourth-order valence-corrected chi connectivity index (χ4v) is 2.57. The van der Waals surface area contributed by atoms with Gasteiger partial charge >= 0.3 is 0 Å². The normalized spacial score (nSPS) is 11.1. The number of sulfonamides is 1. The Balaban J connectivity index is 4.53. The largest absolute Gasteiger partial charge is 0.351 e. The number of nitrogens with one attached hydrogen (secondary N) is 2. The average molecular weight is 331 g/mol. The highest BCUT2D eigenvalue weighted by atomic mass is 32.2. The molecule has 0 aliphatic rings. The summed E-state index contributed by atoms with van der Waals surface area (Å²) in [5, 5.41) is 5.16. The summed E-state index contributed by atoms with van der Waals surface area (Å²) >= 11 is 0. The summed E-state index contributed by atoms with van der Waals surface area (Å²) in [6.45, 7) is 12.3. The molecule has 0 aromatic rings. The van der Waals surface area contributed by atoms with Gasteiger partial charge in [-0.05, 0) is 20.8 Å². The molecule has 0 rings (SSSR count). The second-order valence-corrected chi connectivity index (χ2v) is 7.13. The van der Waals surface area contributed by atoms with Crippen LogP contribution >= 0.6 is 0 Å². The smallest absolute Gasteiger partial charge is 0.246 e. The van der Waals surface area contributed by atoms with Crippen molar-refractivity contribution in [2.45, 2.75) is 20.8 Å². The molecule has 0 bridgehead atoms. The van der Waals surface area contributed by atoms with E-state index in [1.54, 1.807) is 20.8 Å². The summed E-state index contributed by atoms with van der Waals surface area (Å²) < 4.78 is 25.2. The van der Waals surface area contributed by atoms with Gasteiger partial charge in [-0.1, -0.05) is 13.2 Å². The molecule has 8 heteroatoms. The zero-order valence-electron chi connectivity index (χ0n) is 13.4. The summed E-state index contributed by atoms with van der Waals surface area (Å²) in [4.78, 5) is 22.8. The van der Waals surface area contributed by atoms with Gasteiger partial charge in [0, 0.05) is 37.3 Å². The first-order chi connectivity index (χ1) is 10.1. The Morgan fingerprint density at radius 3 is 1.59 bits per heavy atom. The topological polar surface area (TPSA) is 95.6 Å². The van der Waals surface area contributed by atoms with Crippen molar-refractivity contribution in [3.63, 3.8) is 0 Å². The molecular formula is C14H25N3O4S. The Morgan fingerprint density at radius 2 is 1.32 bits per heavy atom. The third kappa shape index (κ3) is 7.37. The fourth-order valence-electron chi connectivity index (χ4n) is 1.46. The van der Waals surface area contributed by atoms with Crippen LogP contribution in [-0.2, 0) is 19.6 Å². The molecule has 2 amide bonds. The number of hydrogen-bond donors (Lipinski definition) is 2. The first-order valence-electron chi connectivity index (χ1n) is 6.97. The molecule has 0 aliphatic heterocycles. The Bertz CT molecular complexity index is 508. The molecule has 0 saturated carbocycles. The van der Waals surface area contributed by atoms with Gasteiger partial charge in [0.2, 0.25) is 21.8 Å². The van der Waals surface area contributed by atoms with E-state index in [0.29, 0.717) is 11.1 Å². The van der Waals surface area contributed by atoms with Gasteiger partial charge in [-0.2, -0.15) is 4.31 Å². The minimum atomic E-state index is -3.41. The van der Waals surface area contributed by atoms with E-state index >= 15 is 0 Å². The molecule has 0 spiro atoms. The van der Waals surface area contributed by atoms with Crippen molar-refractivity contribution in [3.8, 4) is 0 Å². The van der Waals surface area contributed by atoms with Crippen molar-refractivity contribution in [1.29, 1.82) is 0 Å². The van der Waals surface area contributed by atoms with Crippen molar-refractivity contribution in [2.24, 2.45) is 0 Å². The van der Waals surface area contributed by atoms with Crippen LogP contribution in [0.25, 0.3) is 0 Å². The number of amides is 2. The van der Waals surface area contributed by atoms with E-state index in [-0.39, 0.29) is 43.7 Å². The number of rotatable bonds is 10. The van der Waals surface area contributed by atoms with Gasteiger partial charge in [-0.15, -0.1) is 0 Å². The van der Waals surface area contributed by atoms with E-state index in [0.717, 1.165) is 0 Å². The maximum Gasteiger partial charge on any atom is 0.246 e. The summed E-state index contributed by atoms with van der Waals surface area (Å²) in [7, 11) is -3.41. The highest BCUT2D eigenvalue weighted by Crippen LogP contribution is 2.00. The lowest BCUT2D eigenvalue weighted by Crippen LogP contribution is -2.43. The first-order valence-corrected chi connectivity index (χ1v) is 8.58. The van der Waals surface area contributed by atoms with Crippen LogP contribution in [0.3, 0.4) is 0 Å². The van der Waals surface area contributed by atoms with Crippen LogP contribution in [-0.4, -0.2) is 56.5 Å². The molecule has 126 valence electrons. The third-order valence-electron chi connectivity index (χ3n) is 2.83. The Kier molecular flexibility index (Phi) is 8.66. The van der Waals surface area contributed by atoms with Crippen LogP contribution < -0.4 is 10.6 Å².